The molecule has 0 aliphatic heterocycles. The van der Waals surface area contributed by atoms with Crippen LogP contribution in [0.3, 0.4) is 0 Å². The number of amides is 1. The Morgan fingerprint density at radius 1 is 1.40 bits per heavy atom. The minimum absolute atomic E-state index is 0.0864. The number of rotatable bonds is 6. The van der Waals surface area contributed by atoms with Gasteiger partial charge in [0.05, 0.1) is 6.04 Å². The van der Waals surface area contributed by atoms with Crippen molar-refractivity contribution in [3.05, 3.63) is 0 Å². The minimum atomic E-state index is -1.16. The lowest BCUT2D eigenvalue weighted by molar-refractivity contribution is -0.142. The van der Waals surface area contributed by atoms with Crippen LogP contribution in [0.1, 0.15) is 26.7 Å². The second kappa shape index (κ2) is 6.13. The normalized spacial score (nSPS) is 14.1. The maximum atomic E-state index is 11.1. The van der Waals surface area contributed by atoms with Crippen molar-refractivity contribution in [3.8, 4) is 0 Å². The maximum absolute atomic E-state index is 11.1. The standard InChI is InChI=1S/C9H16N2O4/c1-5(12)3-4-7(9(14)15)11-8(13)6(2)10/h6-7H,3-4,10H2,1-2H3,(H,11,13)(H,14,15). The molecule has 2 unspecified atom stereocenters. The summed E-state index contributed by atoms with van der Waals surface area (Å²) in [4.78, 5) is 32.5. The molecule has 15 heavy (non-hydrogen) atoms. The molecule has 0 rings (SSSR count). The van der Waals surface area contributed by atoms with E-state index < -0.39 is 24.0 Å². The zero-order valence-electron chi connectivity index (χ0n) is 8.82. The SMILES string of the molecule is CC(=O)CCC(NC(=O)C(C)N)C(=O)O. The number of carbonyl (C=O) groups excluding carboxylic acids is 2. The summed E-state index contributed by atoms with van der Waals surface area (Å²) in [5, 5.41) is 11.0. The summed E-state index contributed by atoms with van der Waals surface area (Å²) in [6, 6.07) is -1.81. The molecule has 2 atom stereocenters. The van der Waals surface area contributed by atoms with Gasteiger partial charge in [-0.05, 0) is 20.3 Å². The fourth-order valence-electron chi connectivity index (χ4n) is 0.908. The number of hydrogen-bond acceptors (Lipinski definition) is 4. The van der Waals surface area contributed by atoms with Crippen LogP contribution < -0.4 is 11.1 Å². The molecule has 0 aromatic heterocycles. The Morgan fingerprint density at radius 3 is 2.27 bits per heavy atom. The second-order valence-electron chi connectivity index (χ2n) is 3.43. The summed E-state index contributed by atoms with van der Waals surface area (Å²) in [5.41, 5.74) is 5.27. The van der Waals surface area contributed by atoms with E-state index in [-0.39, 0.29) is 18.6 Å². The molecule has 0 radical (unpaired) electrons. The average molecular weight is 216 g/mol. The Labute approximate surface area is 87.8 Å². The third-order valence-electron chi connectivity index (χ3n) is 1.81. The Hall–Kier alpha value is -1.43. The molecule has 0 aliphatic rings. The molecule has 0 bridgehead atoms. The number of hydrogen-bond donors (Lipinski definition) is 3. The van der Waals surface area contributed by atoms with Gasteiger partial charge in [-0.3, -0.25) is 4.79 Å². The van der Waals surface area contributed by atoms with E-state index in [9.17, 15) is 14.4 Å². The first kappa shape index (κ1) is 13.6. The van der Waals surface area contributed by atoms with E-state index in [1.807, 2.05) is 0 Å². The van der Waals surface area contributed by atoms with Gasteiger partial charge in [-0.2, -0.15) is 0 Å². The van der Waals surface area contributed by atoms with Crippen LogP contribution >= 0.6 is 0 Å². The van der Waals surface area contributed by atoms with E-state index >= 15 is 0 Å². The highest BCUT2D eigenvalue weighted by atomic mass is 16.4. The summed E-state index contributed by atoms with van der Waals surface area (Å²) < 4.78 is 0. The molecule has 4 N–H and O–H groups in total. The smallest absolute Gasteiger partial charge is 0.326 e. The largest absolute Gasteiger partial charge is 0.480 e. The highest BCUT2D eigenvalue weighted by molar-refractivity contribution is 5.86. The van der Waals surface area contributed by atoms with Crippen LogP contribution in [0.15, 0.2) is 0 Å². The molecule has 0 saturated heterocycles. The lowest BCUT2D eigenvalue weighted by Gasteiger charge is -2.15. The van der Waals surface area contributed by atoms with E-state index in [1.165, 1.54) is 13.8 Å². The van der Waals surface area contributed by atoms with E-state index in [4.69, 9.17) is 10.8 Å². The molecular weight excluding hydrogens is 200 g/mol. The molecule has 0 aromatic carbocycles. The van der Waals surface area contributed by atoms with Gasteiger partial charge in [-0.1, -0.05) is 0 Å². The maximum Gasteiger partial charge on any atom is 0.326 e. The number of nitrogens with one attached hydrogen (secondary N) is 1. The third kappa shape index (κ3) is 5.79. The second-order valence-corrected chi connectivity index (χ2v) is 3.43. The Bertz CT molecular complexity index is 263. The van der Waals surface area contributed by atoms with Crippen molar-refractivity contribution in [1.29, 1.82) is 0 Å². The number of ketones is 1. The van der Waals surface area contributed by atoms with Gasteiger partial charge in [0.25, 0.3) is 0 Å². The molecule has 0 fully saturated rings. The molecule has 0 aromatic rings. The van der Waals surface area contributed by atoms with Gasteiger partial charge in [0.2, 0.25) is 5.91 Å². The quantitative estimate of drug-likeness (QED) is 0.542. The summed E-state index contributed by atoms with van der Waals surface area (Å²) >= 11 is 0. The van der Waals surface area contributed by atoms with E-state index in [2.05, 4.69) is 5.32 Å². The molecule has 0 aliphatic carbocycles. The number of carboxylic acid groups (broad SMARTS) is 1. The molecular formula is C9H16N2O4. The molecule has 6 heteroatoms. The molecule has 0 saturated carbocycles. The van der Waals surface area contributed by atoms with Crippen LogP contribution in [-0.2, 0) is 14.4 Å². The van der Waals surface area contributed by atoms with Crippen molar-refractivity contribution in [2.75, 3.05) is 0 Å². The summed E-state index contributed by atoms with van der Waals surface area (Å²) in [6.45, 7) is 2.82. The number of nitrogens with two attached hydrogens (primary N) is 1. The zero-order chi connectivity index (χ0) is 12.0. The van der Waals surface area contributed by atoms with Gasteiger partial charge >= 0.3 is 5.97 Å². The number of carboxylic acids is 1. The van der Waals surface area contributed by atoms with Crippen molar-refractivity contribution in [3.63, 3.8) is 0 Å². The predicted octanol–water partition coefficient (Wildman–Crippen LogP) is -0.728. The van der Waals surface area contributed by atoms with Crippen LogP contribution in [0.25, 0.3) is 0 Å². The fraction of sp³-hybridized carbons (Fsp3) is 0.667. The van der Waals surface area contributed by atoms with Gasteiger partial charge < -0.3 is 21.0 Å². The van der Waals surface area contributed by atoms with Crippen LogP contribution in [0.2, 0.25) is 0 Å². The predicted molar refractivity (Wildman–Crippen MR) is 53.1 cm³/mol. The van der Waals surface area contributed by atoms with E-state index in [0.717, 1.165) is 0 Å². The zero-order valence-corrected chi connectivity index (χ0v) is 8.82. The van der Waals surface area contributed by atoms with Crippen molar-refractivity contribution in [2.45, 2.75) is 38.8 Å². The van der Waals surface area contributed by atoms with Gasteiger partial charge in [0.15, 0.2) is 0 Å². The van der Waals surface area contributed by atoms with Crippen LogP contribution in [-0.4, -0.2) is 34.8 Å². The summed E-state index contributed by atoms with van der Waals surface area (Å²) in [5.74, 6) is -1.81. The Morgan fingerprint density at radius 2 is 1.93 bits per heavy atom. The highest BCUT2D eigenvalue weighted by Gasteiger charge is 2.21. The molecule has 86 valence electrons. The Kier molecular flexibility index (Phi) is 5.54. The lowest BCUT2D eigenvalue weighted by atomic mass is 10.1. The topological polar surface area (TPSA) is 109 Å². The van der Waals surface area contributed by atoms with Crippen LogP contribution in [0.4, 0.5) is 0 Å². The Balaban J connectivity index is 4.22. The van der Waals surface area contributed by atoms with Crippen molar-refractivity contribution < 1.29 is 19.5 Å². The van der Waals surface area contributed by atoms with Crippen LogP contribution in [0, 0.1) is 0 Å². The van der Waals surface area contributed by atoms with Crippen molar-refractivity contribution in [1.82, 2.24) is 5.32 Å². The van der Waals surface area contributed by atoms with Gasteiger partial charge in [0.1, 0.15) is 11.8 Å². The van der Waals surface area contributed by atoms with Crippen LogP contribution in [0.5, 0.6) is 0 Å². The summed E-state index contributed by atoms with van der Waals surface area (Å²) in [6.07, 6.45) is 0.208. The summed E-state index contributed by atoms with van der Waals surface area (Å²) in [7, 11) is 0. The molecule has 0 heterocycles. The first-order valence-corrected chi connectivity index (χ1v) is 4.62. The highest BCUT2D eigenvalue weighted by Crippen LogP contribution is 1.99. The van der Waals surface area contributed by atoms with Gasteiger partial charge in [0, 0.05) is 6.42 Å². The minimum Gasteiger partial charge on any atom is -0.480 e. The first-order valence-electron chi connectivity index (χ1n) is 4.62. The van der Waals surface area contributed by atoms with E-state index in [0.29, 0.717) is 0 Å². The van der Waals surface area contributed by atoms with Crippen molar-refractivity contribution in [2.24, 2.45) is 5.73 Å². The van der Waals surface area contributed by atoms with Crippen molar-refractivity contribution >= 4 is 17.7 Å². The first-order chi connectivity index (χ1) is 6.84. The number of aliphatic carboxylic acids is 1. The lowest BCUT2D eigenvalue weighted by Crippen LogP contribution is -2.47. The van der Waals surface area contributed by atoms with Gasteiger partial charge in [-0.25, -0.2) is 4.79 Å². The monoisotopic (exact) mass is 216 g/mol. The average Bonchev–Trinajstić information content (AvgIpc) is 2.10. The molecule has 6 nitrogen and oxygen atoms in total. The third-order valence-corrected chi connectivity index (χ3v) is 1.81. The number of Topliss-reactive ketones (excluding diaryl/α,β-unsaturated/α-hetero) is 1. The number of carbonyl (C=O) groups is 3. The fourth-order valence-corrected chi connectivity index (χ4v) is 0.908. The molecule has 1 amide bonds. The van der Waals surface area contributed by atoms with E-state index in [1.54, 1.807) is 0 Å². The van der Waals surface area contributed by atoms with Gasteiger partial charge in [-0.15, -0.1) is 0 Å². The molecule has 0 spiro atoms.